The molecule has 1 aromatic carbocycles. The first kappa shape index (κ1) is 16.0. The normalized spacial score (nSPS) is 10.7. The van der Waals surface area contributed by atoms with Gasteiger partial charge in [0.2, 0.25) is 0 Å². The number of nitrogens with one attached hydrogen (secondary N) is 1. The van der Waals surface area contributed by atoms with Crippen LogP contribution < -0.4 is 10.9 Å². The Hall–Kier alpha value is -2.40. The molecule has 1 heterocycles. The molecule has 22 heavy (non-hydrogen) atoms. The Morgan fingerprint density at radius 1 is 1.14 bits per heavy atom. The van der Waals surface area contributed by atoms with E-state index in [0.29, 0.717) is 18.7 Å². The van der Waals surface area contributed by atoms with E-state index in [9.17, 15) is 9.59 Å². The number of hydrogen-bond donors (Lipinski definition) is 1. The lowest BCUT2D eigenvalue weighted by atomic mass is 10.2. The van der Waals surface area contributed by atoms with Crippen LogP contribution in [0.5, 0.6) is 0 Å². The van der Waals surface area contributed by atoms with Crippen LogP contribution in [-0.4, -0.2) is 36.0 Å². The second-order valence-corrected chi connectivity index (χ2v) is 5.42. The summed E-state index contributed by atoms with van der Waals surface area (Å²) >= 11 is 0. The molecule has 0 atom stereocenters. The van der Waals surface area contributed by atoms with E-state index in [-0.39, 0.29) is 11.5 Å². The third-order valence-electron chi connectivity index (χ3n) is 3.33. The number of rotatable bonds is 6. The Bertz CT molecular complexity index is 678. The number of carbonyl (C=O) groups is 1. The minimum Gasteiger partial charge on any atom is -0.348 e. The molecular formula is C17H21N3O2. The van der Waals surface area contributed by atoms with E-state index >= 15 is 0 Å². The van der Waals surface area contributed by atoms with Gasteiger partial charge in [0.1, 0.15) is 0 Å². The maximum Gasteiger partial charge on any atom is 0.253 e. The molecule has 0 radical (unpaired) electrons. The van der Waals surface area contributed by atoms with Gasteiger partial charge in [-0.25, -0.2) is 0 Å². The van der Waals surface area contributed by atoms with Gasteiger partial charge in [-0.2, -0.15) is 0 Å². The van der Waals surface area contributed by atoms with Gasteiger partial charge in [-0.1, -0.05) is 30.3 Å². The topological polar surface area (TPSA) is 54.3 Å². The van der Waals surface area contributed by atoms with E-state index in [1.807, 2.05) is 49.3 Å². The molecule has 0 saturated carbocycles. The highest BCUT2D eigenvalue weighted by atomic mass is 16.2. The van der Waals surface area contributed by atoms with Crippen molar-refractivity contribution in [3.05, 3.63) is 70.1 Å². The first-order chi connectivity index (χ1) is 10.6. The lowest BCUT2D eigenvalue weighted by Gasteiger charge is -2.12. The van der Waals surface area contributed by atoms with Crippen molar-refractivity contribution in [2.45, 2.75) is 13.1 Å². The van der Waals surface area contributed by atoms with E-state index in [1.54, 1.807) is 16.8 Å². The quantitative estimate of drug-likeness (QED) is 0.876. The maximum absolute atomic E-state index is 12.2. The molecule has 1 aromatic heterocycles. The second kappa shape index (κ2) is 7.56. The lowest BCUT2D eigenvalue weighted by Crippen LogP contribution is -2.29. The molecular weight excluding hydrogens is 278 g/mol. The van der Waals surface area contributed by atoms with Crippen molar-refractivity contribution in [1.29, 1.82) is 0 Å². The standard InChI is InChI=1S/C17H21N3O2/c1-19(2)10-11-20-13-15(8-9-16(20)21)17(22)18-12-14-6-4-3-5-7-14/h3-9,13H,10-12H2,1-2H3,(H,18,22). The van der Waals surface area contributed by atoms with Crippen LogP contribution in [0.3, 0.4) is 0 Å². The van der Waals surface area contributed by atoms with Gasteiger partial charge in [0, 0.05) is 31.9 Å². The van der Waals surface area contributed by atoms with Crippen molar-refractivity contribution >= 4 is 5.91 Å². The highest BCUT2D eigenvalue weighted by Crippen LogP contribution is 2.00. The van der Waals surface area contributed by atoms with Crippen LogP contribution >= 0.6 is 0 Å². The zero-order valence-electron chi connectivity index (χ0n) is 13.0. The molecule has 0 aliphatic carbocycles. The average molecular weight is 299 g/mol. The maximum atomic E-state index is 12.2. The molecule has 0 saturated heterocycles. The van der Waals surface area contributed by atoms with Crippen LogP contribution in [0.4, 0.5) is 0 Å². The van der Waals surface area contributed by atoms with Crippen molar-refractivity contribution in [2.75, 3.05) is 20.6 Å². The summed E-state index contributed by atoms with van der Waals surface area (Å²) in [4.78, 5) is 26.0. The number of benzene rings is 1. The van der Waals surface area contributed by atoms with Gasteiger partial charge in [0.15, 0.2) is 0 Å². The summed E-state index contributed by atoms with van der Waals surface area (Å²) in [6.45, 7) is 1.77. The third kappa shape index (κ3) is 4.56. The number of hydrogen-bond acceptors (Lipinski definition) is 3. The lowest BCUT2D eigenvalue weighted by molar-refractivity contribution is 0.0950. The Balaban J connectivity index is 2.03. The molecule has 0 aliphatic heterocycles. The summed E-state index contributed by atoms with van der Waals surface area (Å²) in [6.07, 6.45) is 1.62. The second-order valence-electron chi connectivity index (χ2n) is 5.42. The Kier molecular flexibility index (Phi) is 5.49. The molecule has 2 rings (SSSR count). The van der Waals surface area contributed by atoms with E-state index < -0.39 is 0 Å². The van der Waals surface area contributed by atoms with Crippen LogP contribution in [0.1, 0.15) is 15.9 Å². The highest BCUT2D eigenvalue weighted by molar-refractivity contribution is 5.93. The molecule has 0 aliphatic rings. The SMILES string of the molecule is CN(C)CCn1cc(C(=O)NCc2ccccc2)ccc1=O. The van der Waals surface area contributed by atoms with Crippen LogP contribution in [0.25, 0.3) is 0 Å². The van der Waals surface area contributed by atoms with Gasteiger partial charge in [0.25, 0.3) is 11.5 Å². The fourth-order valence-electron chi connectivity index (χ4n) is 2.03. The molecule has 0 bridgehead atoms. The Morgan fingerprint density at radius 2 is 1.86 bits per heavy atom. The molecule has 0 fully saturated rings. The average Bonchev–Trinajstić information content (AvgIpc) is 2.52. The fraction of sp³-hybridized carbons (Fsp3) is 0.294. The van der Waals surface area contributed by atoms with Gasteiger partial charge in [-0.15, -0.1) is 0 Å². The molecule has 2 aromatic rings. The van der Waals surface area contributed by atoms with Gasteiger partial charge >= 0.3 is 0 Å². The monoisotopic (exact) mass is 299 g/mol. The predicted octanol–water partition coefficient (Wildman–Crippen LogP) is 1.34. The Labute approximate surface area is 130 Å². The summed E-state index contributed by atoms with van der Waals surface area (Å²) in [5.74, 6) is -0.178. The Morgan fingerprint density at radius 3 is 2.55 bits per heavy atom. The molecule has 5 heteroatoms. The highest BCUT2D eigenvalue weighted by Gasteiger charge is 2.07. The number of amides is 1. The van der Waals surface area contributed by atoms with Crippen molar-refractivity contribution in [2.24, 2.45) is 0 Å². The number of aromatic nitrogens is 1. The summed E-state index contributed by atoms with van der Waals surface area (Å²) in [5.41, 5.74) is 1.44. The van der Waals surface area contributed by atoms with E-state index in [2.05, 4.69) is 5.32 Å². The van der Waals surface area contributed by atoms with Crippen LogP contribution in [0.15, 0.2) is 53.5 Å². The number of carbonyl (C=O) groups excluding carboxylic acids is 1. The smallest absolute Gasteiger partial charge is 0.253 e. The minimum absolute atomic E-state index is 0.0959. The van der Waals surface area contributed by atoms with Gasteiger partial charge < -0.3 is 14.8 Å². The number of nitrogens with zero attached hydrogens (tertiary/aromatic N) is 2. The molecule has 0 spiro atoms. The van der Waals surface area contributed by atoms with Crippen molar-refractivity contribution in [1.82, 2.24) is 14.8 Å². The molecule has 1 amide bonds. The van der Waals surface area contributed by atoms with E-state index in [1.165, 1.54) is 6.07 Å². The first-order valence-corrected chi connectivity index (χ1v) is 7.23. The van der Waals surface area contributed by atoms with Gasteiger partial charge in [-0.05, 0) is 25.7 Å². The summed E-state index contributed by atoms with van der Waals surface area (Å²) < 4.78 is 1.57. The van der Waals surface area contributed by atoms with E-state index in [0.717, 1.165) is 12.1 Å². The largest absolute Gasteiger partial charge is 0.348 e. The zero-order valence-corrected chi connectivity index (χ0v) is 13.0. The number of likely N-dealkylation sites (N-methyl/N-ethyl adjacent to an activating group) is 1. The van der Waals surface area contributed by atoms with Gasteiger partial charge in [0.05, 0.1) is 5.56 Å². The van der Waals surface area contributed by atoms with Crippen molar-refractivity contribution in [3.8, 4) is 0 Å². The van der Waals surface area contributed by atoms with Gasteiger partial charge in [-0.3, -0.25) is 9.59 Å². The minimum atomic E-state index is -0.178. The van der Waals surface area contributed by atoms with Crippen LogP contribution in [-0.2, 0) is 13.1 Å². The number of pyridine rings is 1. The van der Waals surface area contributed by atoms with E-state index in [4.69, 9.17) is 0 Å². The summed E-state index contributed by atoms with van der Waals surface area (Å²) in [7, 11) is 3.89. The molecule has 1 N–H and O–H groups in total. The molecule has 0 unspecified atom stereocenters. The van der Waals surface area contributed by atoms with Crippen LogP contribution in [0, 0.1) is 0 Å². The first-order valence-electron chi connectivity index (χ1n) is 7.23. The predicted molar refractivity (Wildman–Crippen MR) is 86.9 cm³/mol. The fourth-order valence-corrected chi connectivity index (χ4v) is 2.03. The summed E-state index contributed by atoms with van der Waals surface area (Å²) in [6, 6.07) is 12.7. The third-order valence-corrected chi connectivity index (χ3v) is 3.33. The van der Waals surface area contributed by atoms with Crippen LogP contribution in [0.2, 0.25) is 0 Å². The summed E-state index contributed by atoms with van der Waals surface area (Å²) in [5, 5.41) is 2.86. The molecule has 116 valence electrons. The van der Waals surface area contributed by atoms with Crippen molar-refractivity contribution < 1.29 is 4.79 Å². The zero-order chi connectivity index (χ0) is 15.9. The van der Waals surface area contributed by atoms with Crippen molar-refractivity contribution in [3.63, 3.8) is 0 Å². The molecule has 5 nitrogen and oxygen atoms in total.